The van der Waals surface area contributed by atoms with Gasteiger partial charge >= 0.3 is 17.7 Å². The first-order valence-electron chi connectivity index (χ1n) is 8.41. The lowest BCUT2D eigenvalue weighted by Gasteiger charge is -2.14. The number of halogens is 1. The maximum absolute atomic E-state index is 12.7. The van der Waals surface area contributed by atoms with Crippen LogP contribution in [-0.4, -0.2) is 33.5 Å². The Bertz CT molecular complexity index is 1130. The molecule has 9 heteroatoms. The number of carbonyl (C=O) groups is 2. The molecule has 0 saturated carbocycles. The molecule has 28 heavy (non-hydrogen) atoms. The van der Waals surface area contributed by atoms with Gasteiger partial charge in [-0.3, -0.25) is 4.90 Å². The summed E-state index contributed by atoms with van der Waals surface area (Å²) in [7, 11) is 1.30. The van der Waals surface area contributed by atoms with E-state index in [-0.39, 0.29) is 13.1 Å². The van der Waals surface area contributed by atoms with Crippen LogP contribution in [0.2, 0.25) is 5.02 Å². The molecular weight excluding hydrogens is 384 g/mol. The highest BCUT2D eigenvalue weighted by molar-refractivity contribution is 6.30. The third kappa shape index (κ3) is 3.07. The number of fused-ring (bicyclic) bond motifs is 1. The van der Waals surface area contributed by atoms with Crippen molar-refractivity contribution in [2.45, 2.75) is 13.1 Å². The highest BCUT2D eigenvalue weighted by Gasteiger charge is 2.33. The SMILES string of the molecule is COC(=O)c1cccc(Cn2nc3n(c2=O)C(=O)N(c2ccc(Cl)cc2)C3)c1. The molecule has 0 spiro atoms. The van der Waals surface area contributed by atoms with Gasteiger partial charge in [0.05, 0.1) is 25.8 Å². The standard InChI is InChI=1S/C19H15ClN4O4/c1-28-17(25)13-4-2-3-12(9-13)10-23-19(27)24-16(21-23)11-22(18(24)26)15-7-5-14(20)6-8-15/h2-9H,10-11H2,1H3. The number of carbonyl (C=O) groups excluding carboxylic acids is 2. The van der Waals surface area contributed by atoms with E-state index in [0.29, 0.717) is 27.7 Å². The Hall–Kier alpha value is -3.39. The minimum atomic E-state index is -0.528. The van der Waals surface area contributed by atoms with Crippen molar-refractivity contribution in [2.75, 3.05) is 12.0 Å². The van der Waals surface area contributed by atoms with Crippen molar-refractivity contribution in [1.29, 1.82) is 0 Å². The summed E-state index contributed by atoms with van der Waals surface area (Å²) in [6.07, 6.45) is 0. The van der Waals surface area contributed by atoms with Crippen molar-refractivity contribution in [1.82, 2.24) is 14.3 Å². The number of hydrogen-bond acceptors (Lipinski definition) is 5. The molecule has 1 aromatic heterocycles. The van der Waals surface area contributed by atoms with Gasteiger partial charge in [-0.05, 0) is 42.0 Å². The molecule has 0 bridgehead atoms. The molecule has 0 unspecified atom stereocenters. The van der Waals surface area contributed by atoms with Crippen molar-refractivity contribution in [3.8, 4) is 0 Å². The molecule has 2 heterocycles. The Morgan fingerprint density at radius 1 is 1.18 bits per heavy atom. The van der Waals surface area contributed by atoms with E-state index >= 15 is 0 Å². The van der Waals surface area contributed by atoms with E-state index in [1.165, 1.54) is 16.7 Å². The van der Waals surface area contributed by atoms with E-state index in [9.17, 15) is 14.4 Å². The van der Waals surface area contributed by atoms with Gasteiger partial charge < -0.3 is 4.74 Å². The van der Waals surface area contributed by atoms with Gasteiger partial charge in [0.25, 0.3) is 0 Å². The van der Waals surface area contributed by atoms with E-state index in [1.807, 2.05) is 0 Å². The summed E-state index contributed by atoms with van der Waals surface area (Å²) in [6.45, 7) is 0.322. The van der Waals surface area contributed by atoms with Gasteiger partial charge in [0.2, 0.25) is 0 Å². The van der Waals surface area contributed by atoms with E-state index in [4.69, 9.17) is 16.3 Å². The van der Waals surface area contributed by atoms with Crippen LogP contribution in [0.25, 0.3) is 0 Å². The van der Waals surface area contributed by atoms with Crippen molar-refractivity contribution >= 4 is 29.3 Å². The lowest BCUT2D eigenvalue weighted by Crippen LogP contribution is -2.35. The van der Waals surface area contributed by atoms with Gasteiger partial charge in [0.15, 0.2) is 5.82 Å². The molecule has 3 aromatic rings. The largest absolute Gasteiger partial charge is 0.465 e. The zero-order chi connectivity index (χ0) is 19.8. The predicted molar refractivity (Wildman–Crippen MR) is 102 cm³/mol. The van der Waals surface area contributed by atoms with Gasteiger partial charge in [-0.25, -0.2) is 19.1 Å². The number of rotatable bonds is 4. The third-order valence-electron chi connectivity index (χ3n) is 4.45. The summed E-state index contributed by atoms with van der Waals surface area (Å²) >= 11 is 5.88. The number of amides is 1. The average Bonchev–Trinajstić information content (AvgIpc) is 3.18. The Labute approximate surface area is 164 Å². The van der Waals surface area contributed by atoms with E-state index in [1.54, 1.807) is 48.5 Å². The second-order valence-electron chi connectivity index (χ2n) is 6.23. The van der Waals surface area contributed by atoms with Gasteiger partial charge in [0.1, 0.15) is 0 Å². The first kappa shape index (κ1) is 18.0. The van der Waals surface area contributed by atoms with Crippen LogP contribution >= 0.6 is 11.6 Å². The molecule has 4 rings (SSSR count). The van der Waals surface area contributed by atoms with E-state index in [0.717, 1.165) is 4.57 Å². The molecular formula is C19H15ClN4O4. The molecule has 0 saturated heterocycles. The van der Waals surface area contributed by atoms with Crippen molar-refractivity contribution in [2.24, 2.45) is 0 Å². The maximum Gasteiger partial charge on any atom is 0.354 e. The number of aromatic nitrogens is 3. The van der Waals surface area contributed by atoms with Crippen LogP contribution in [0.4, 0.5) is 10.5 Å². The van der Waals surface area contributed by atoms with Crippen molar-refractivity contribution in [3.63, 3.8) is 0 Å². The summed E-state index contributed by atoms with van der Waals surface area (Å²) < 4.78 is 6.97. The highest BCUT2D eigenvalue weighted by Crippen LogP contribution is 2.24. The van der Waals surface area contributed by atoms with Crippen LogP contribution in [0.1, 0.15) is 21.7 Å². The molecule has 0 N–H and O–H groups in total. The first-order valence-corrected chi connectivity index (χ1v) is 8.79. The summed E-state index contributed by atoms with van der Waals surface area (Å²) in [5, 5.41) is 4.85. The Morgan fingerprint density at radius 3 is 2.61 bits per heavy atom. The van der Waals surface area contributed by atoms with Crippen LogP contribution in [0.15, 0.2) is 53.3 Å². The quantitative estimate of drug-likeness (QED) is 0.630. The Morgan fingerprint density at radius 2 is 1.93 bits per heavy atom. The number of benzene rings is 2. The Kier molecular flexibility index (Phi) is 4.48. The van der Waals surface area contributed by atoms with Gasteiger partial charge in [0, 0.05) is 10.7 Å². The molecule has 8 nitrogen and oxygen atoms in total. The number of ether oxygens (including phenoxy) is 1. The molecule has 2 aromatic carbocycles. The van der Waals surface area contributed by atoms with Crippen LogP contribution in [0.5, 0.6) is 0 Å². The molecule has 142 valence electrons. The molecule has 1 aliphatic rings. The smallest absolute Gasteiger partial charge is 0.354 e. The second-order valence-corrected chi connectivity index (χ2v) is 6.67. The monoisotopic (exact) mass is 398 g/mol. The second kappa shape index (κ2) is 6.97. The normalized spacial score (nSPS) is 12.9. The van der Waals surface area contributed by atoms with Crippen LogP contribution in [0, 0.1) is 0 Å². The van der Waals surface area contributed by atoms with Crippen LogP contribution in [-0.2, 0) is 17.8 Å². The number of esters is 1. The van der Waals surface area contributed by atoms with E-state index < -0.39 is 17.7 Å². The topological polar surface area (TPSA) is 86.4 Å². The molecule has 0 fully saturated rings. The molecule has 0 aliphatic carbocycles. The zero-order valence-electron chi connectivity index (χ0n) is 14.8. The molecule has 1 amide bonds. The minimum absolute atomic E-state index is 0.137. The number of nitrogens with zero attached hydrogens (tertiary/aromatic N) is 4. The Balaban J connectivity index is 1.60. The van der Waals surface area contributed by atoms with E-state index in [2.05, 4.69) is 5.10 Å². The summed E-state index contributed by atoms with van der Waals surface area (Å²) in [5.74, 6) is -0.107. The van der Waals surface area contributed by atoms with Crippen molar-refractivity contribution < 1.29 is 14.3 Å². The summed E-state index contributed by atoms with van der Waals surface area (Å²) in [5.41, 5.74) is 1.19. The highest BCUT2D eigenvalue weighted by atomic mass is 35.5. The van der Waals surface area contributed by atoms with Crippen molar-refractivity contribution in [3.05, 3.63) is 81.0 Å². The fraction of sp³-hybridized carbons (Fsp3) is 0.158. The van der Waals surface area contributed by atoms with Crippen LogP contribution < -0.4 is 10.6 Å². The van der Waals surface area contributed by atoms with Crippen LogP contribution in [0.3, 0.4) is 0 Å². The summed E-state index contributed by atoms with van der Waals surface area (Å²) in [6, 6.07) is 13.0. The number of hydrogen-bond donors (Lipinski definition) is 0. The maximum atomic E-state index is 12.7. The van der Waals surface area contributed by atoms with Gasteiger partial charge in [-0.1, -0.05) is 23.7 Å². The fourth-order valence-electron chi connectivity index (χ4n) is 3.09. The molecule has 1 aliphatic heterocycles. The predicted octanol–water partition coefficient (Wildman–Crippen LogP) is 2.52. The molecule has 0 radical (unpaired) electrons. The fourth-order valence-corrected chi connectivity index (χ4v) is 3.22. The first-order chi connectivity index (χ1) is 13.5. The van der Waals surface area contributed by atoms with Gasteiger partial charge in [-0.15, -0.1) is 0 Å². The third-order valence-corrected chi connectivity index (χ3v) is 4.70. The molecule has 0 atom stereocenters. The van der Waals surface area contributed by atoms with Gasteiger partial charge in [-0.2, -0.15) is 9.67 Å². The minimum Gasteiger partial charge on any atom is -0.465 e. The average molecular weight is 399 g/mol. The number of anilines is 1. The number of methoxy groups -OCH3 is 1. The zero-order valence-corrected chi connectivity index (χ0v) is 15.6. The lowest BCUT2D eigenvalue weighted by atomic mass is 10.1. The summed E-state index contributed by atoms with van der Waals surface area (Å²) in [4.78, 5) is 38.5. The lowest BCUT2D eigenvalue weighted by molar-refractivity contribution is 0.0600.